The molecule has 2 amide bonds. The third-order valence-corrected chi connectivity index (χ3v) is 11.0. The minimum Gasteiger partial charge on any atom is -0.493 e. The van der Waals surface area contributed by atoms with Crippen LogP contribution in [0.4, 0.5) is 11.4 Å². The number of aliphatic hydroxyl groups is 2. The lowest BCUT2D eigenvalue weighted by Gasteiger charge is -2.22. The summed E-state index contributed by atoms with van der Waals surface area (Å²) >= 11 is 0. The number of aliphatic hydroxyl groups excluding tert-OH is 2. The molecule has 344 valence electrons. The fourth-order valence-electron chi connectivity index (χ4n) is 8.24. The Labute approximate surface area is 382 Å². The molecular formula is C52H54N2O12. The highest BCUT2D eigenvalue weighted by atomic mass is 16.5. The first-order valence-corrected chi connectivity index (χ1v) is 22.0. The molecule has 0 saturated heterocycles. The number of anilines is 2. The monoisotopic (exact) mass is 898 g/mol. The minimum absolute atomic E-state index is 0.121. The molecule has 0 saturated carbocycles. The molecule has 2 aliphatic rings. The van der Waals surface area contributed by atoms with Crippen LogP contribution in [-0.2, 0) is 22.4 Å². The van der Waals surface area contributed by atoms with Crippen molar-refractivity contribution in [2.24, 2.45) is 11.8 Å². The highest BCUT2D eigenvalue weighted by Gasteiger charge is 2.45. The summed E-state index contributed by atoms with van der Waals surface area (Å²) < 4.78 is 24.2. The van der Waals surface area contributed by atoms with Crippen molar-refractivity contribution in [3.05, 3.63) is 130 Å². The predicted molar refractivity (Wildman–Crippen MR) is 250 cm³/mol. The summed E-state index contributed by atoms with van der Waals surface area (Å²) in [6.07, 6.45) is -2.79. The van der Waals surface area contributed by atoms with E-state index < -0.39 is 36.2 Å². The van der Waals surface area contributed by atoms with E-state index >= 15 is 0 Å². The Balaban J connectivity index is 0.000000196. The third kappa shape index (κ3) is 9.19. The lowest BCUT2D eigenvalue weighted by atomic mass is 9.98. The van der Waals surface area contributed by atoms with Gasteiger partial charge in [-0.25, -0.2) is 0 Å². The molecule has 14 nitrogen and oxygen atoms in total. The molecule has 8 rings (SSSR count). The van der Waals surface area contributed by atoms with Crippen LogP contribution < -0.4 is 28.7 Å². The van der Waals surface area contributed by atoms with Crippen LogP contribution in [0.15, 0.2) is 97.1 Å². The molecule has 0 spiro atoms. The van der Waals surface area contributed by atoms with Crippen LogP contribution in [0.3, 0.4) is 0 Å². The van der Waals surface area contributed by atoms with Gasteiger partial charge in [0.25, 0.3) is 11.8 Å². The van der Waals surface area contributed by atoms with Crippen LogP contribution in [-0.4, -0.2) is 70.6 Å². The predicted octanol–water partition coefficient (Wildman–Crippen LogP) is 9.10. The third-order valence-electron chi connectivity index (χ3n) is 11.0. The SMILES string of the molecule is CCOc1c2c(c(OCC(C)C)c3ccccc13)C(=O)N(c1ccc(CC(=O)O)cc1)C2O.CCOc1c2c(c(OCC(C)C)c3ccccc13)C(O)N(c1ccc(CC(=O)O)cc1)C2=O. The van der Waals surface area contributed by atoms with Gasteiger partial charge in [0.15, 0.2) is 12.5 Å². The van der Waals surface area contributed by atoms with Crippen molar-refractivity contribution in [1.29, 1.82) is 0 Å². The summed E-state index contributed by atoms with van der Waals surface area (Å²) in [6, 6.07) is 28.2. The van der Waals surface area contributed by atoms with Crippen molar-refractivity contribution >= 4 is 56.7 Å². The average Bonchev–Trinajstić information content (AvgIpc) is 3.70. The van der Waals surface area contributed by atoms with Gasteiger partial charge in [0.1, 0.15) is 23.0 Å². The van der Waals surface area contributed by atoms with E-state index in [-0.39, 0.29) is 30.2 Å². The molecule has 2 heterocycles. The Bertz CT molecular complexity index is 2730. The van der Waals surface area contributed by atoms with E-state index in [1.165, 1.54) is 9.80 Å². The number of carboxylic acids is 2. The van der Waals surface area contributed by atoms with Crippen LogP contribution in [0.25, 0.3) is 21.5 Å². The second kappa shape index (κ2) is 19.9. The van der Waals surface area contributed by atoms with E-state index in [4.69, 9.17) is 29.2 Å². The molecule has 6 aromatic rings. The van der Waals surface area contributed by atoms with Crippen LogP contribution >= 0.6 is 0 Å². The second-order valence-electron chi connectivity index (χ2n) is 16.8. The molecular weight excluding hydrogens is 845 g/mol. The van der Waals surface area contributed by atoms with E-state index in [1.807, 2.05) is 90.1 Å². The minimum atomic E-state index is -1.27. The molecule has 66 heavy (non-hydrogen) atoms. The first kappa shape index (κ1) is 46.8. The molecule has 2 atom stereocenters. The second-order valence-corrected chi connectivity index (χ2v) is 16.8. The van der Waals surface area contributed by atoms with Crippen LogP contribution in [0.1, 0.15) is 97.0 Å². The fraction of sp³-hybridized carbons (Fsp3) is 0.308. The highest BCUT2D eigenvalue weighted by molar-refractivity contribution is 6.18. The van der Waals surface area contributed by atoms with Gasteiger partial charge in [0.2, 0.25) is 0 Å². The van der Waals surface area contributed by atoms with Gasteiger partial charge in [-0.05, 0) is 61.1 Å². The maximum atomic E-state index is 13.7. The van der Waals surface area contributed by atoms with Crippen molar-refractivity contribution in [2.45, 2.75) is 66.8 Å². The van der Waals surface area contributed by atoms with Crippen LogP contribution in [0.2, 0.25) is 0 Å². The number of aliphatic carboxylic acids is 2. The average molecular weight is 899 g/mol. The van der Waals surface area contributed by atoms with Gasteiger partial charge in [0.05, 0.1) is 61.5 Å². The molecule has 0 fully saturated rings. The summed E-state index contributed by atoms with van der Waals surface area (Å²) in [6.45, 7) is 13.4. The molecule has 6 aromatic carbocycles. The largest absolute Gasteiger partial charge is 0.493 e. The van der Waals surface area contributed by atoms with Crippen molar-refractivity contribution in [3.63, 3.8) is 0 Å². The van der Waals surface area contributed by atoms with E-state index in [2.05, 4.69) is 0 Å². The quantitative estimate of drug-likeness (QED) is 0.0721. The fourth-order valence-corrected chi connectivity index (χ4v) is 8.24. The summed E-state index contributed by atoms with van der Waals surface area (Å²) in [7, 11) is 0. The Morgan fingerprint density at radius 3 is 1.18 bits per heavy atom. The number of hydrogen-bond donors (Lipinski definition) is 4. The summed E-state index contributed by atoms with van der Waals surface area (Å²) in [5.41, 5.74) is 3.47. The van der Waals surface area contributed by atoms with Gasteiger partial charge >= 0.3 is 11.9 Å². The maximum absolute atomic E-state index is 13.7. The number of carboxylic acid groups (broad SMARTS) is 2. The molecule has 14 heteroatoms. The molecule has 2 aliphatic heterocycles. The Morgan fingerprint density at radius 1 is 0.515 bits per heavy atom. The standard InChI is InChI=1S/2C26H27NO6/c2*1-4-32-23-18-7-5-6-8-19(18)24(33-14-15(2)3)22-21(23)25(30)27(26(22)31)17-11-9-16(10-12-17)13-20(28)29/h5-12,15,26,31H,4,13-14H2,1-3H3,(H,28,29);5-12,15,25,30H,4,13-14H2,1-3H3,(H,28,29). The number of carbonyl (C=O) groups is 4. The Hall–Kier alpha value is -7.16. The lowest BCUT2D eigenvalue weighted by Crippen LogP contribution is -2.27. The van der Waals surface area contributed by atoms with E-state index in [0.717, 1.165) is 21.5 Å². The van der Waals surface area contributed by atoms with E-state index in [0.29, 0.717) is 88.6 Å². The molecule has 2 unspecified atom stereocenters. The number of benzene rings is 6. The number of fused-ring (bicyclic) bond motifs is 4. The van der Waals surface area contributed by atoms with Crippen LogP contribution in [0.5, 0.6) is 23.0 Å². The highest BCUT2D eigenvalue weighted by Crippen LogP contribution is 2.52. The zero-order valence-corrected chi connectivity index (χ0v) is 37.7. The number of amides is 2. The number of nitrogens with zero attached hydrogens (tertiary/aromatic N) is 2. The smallest absolute Gasteiger partial charge is 0.307 e. The number of ether oxygens (including phenoxy) is 4. The van der Waals surface area contributed by atoms with Crippen molar-refractivity contribution in [1.82, 2.24) is 0 Å². The van der Waals surface area contributed by atoms with Gasteiger partial charge in [-0.15, -0.1) is 0 Å². The van der Waals surface area contributed by atoms with Gasteiger partial charge < -0.3 is 39.4 Å². The molecule has 4 N–H and O–H groups in total. The topological polar surface area (TPSA) is 193 Å². The van der Waals surface area contributed by atoms with Crippen molar-refractivity contribution in [3.8, 4) is 23.0 Å². The lowest BCUT2D eigenvalue weighted by molar-refractivity contribution is -0.137. The van der Waals surface area contributed by atoms with Crippen molar-refractivity contribution in [2.75, 3.05) is 36.2 Å². The Kier molecular flexibility index (Phi) is 14.1. The number of carbonyl (C=O) groups excluding carboxylic acids is 2. The summed E-state index contributed by atoms with van der Waals surface area (Å²) in [5.74, 6) is -0.375. The summed E-state index contributed by atoms with van der Waals surface area (Å²) in [5, 5.41) is 43.7. The van der Waals surface area contributed by atoms with Crippen molar-refractivity contribution < 1.29 is 58.6 Å². The van der Waals surface area contributed by atoms with Gasteiger partial charge in [-0.1, -0.05) is 100 Å². The number of rotatable bonds is 16. The summed E-state index contributed by atoms with van der Waals surface area (Å²) in [4.78, 5) is 51.9. The van der Waals surface area contributed by atoms with Gasteiger partial charge in [-0.2, -0.15) is 0 Å². The first-order chi connectivity index (χ1) is 31.7. The zero-order chi connectivity index (χ0) is 47.4. The molecule has 0 radical (unpaired) electrons. The molecule has 0 bridgehead atoms. The Morgan fingerprint density at radius 2 is 0.833 bits per heavy atom. The van der Waals surface area contributed by atoms with Gasteiger partial charge in [-0.3, -0.25) is 29.0 Å². The van der Waals surface area contributed by atoms with E-state index in [9.17, 15) is 29.4 Å². The zero-order valence-electron chi connectivity index (χ0n) is 37.7. The molecule has 0 aliphatic carbocycles. The van der Waals surface area contributed by atoms with Gasteiger partial charge in [0, 0.05) is 32.9 Å². The molecule has 0 aromatic heterocycles. The normalized spacial score (nSPS) is 15.2. The number of hydrogen-bond acceptors (Lipinski definition) is 10. The van der Waals surface area contributed by atoms with E-state index in [1.54, 1.807) is 48.5 Å². The van der Waals surface area contributed by atoms with Crippen LogP contribution in [0, 0.1) is 11.8 Å². The maximum Gasteiger partial charge on any atom is 0.307 e. The first-order valence-electron chi connectivity index (χ1n) is 22.0.